The number of aryl methyl sites for hydroxylation is 1. The van der Waals surface area contributed by atoms with Crippen molar-refractivity contribution in [3.8, 4) is 44.5 Å². The molecule has 8 aromatic carbocycles. The monoisotopic (exact) mass is 691 g/mol. The molecule has 2 aliphatic rings. The van der Waals surface area contributed by atoms with Gasteiger partial charge in [-0.2, -0.15) is 0 Å². The highest BCUT2D eigenvalue weighted by atomic mass is 15.1. The highest BCUT2D eigenvalue weighted by Crippen LogP contribution is 2.64. The van der Waals surface area contributed by atoms with Crippen LogP contribution in [0.25, 0.3) is 44.5 Å². The Morgan fingerprint density at radius 1 is 0.407 bits per heavy atom. The molecule has 0 aromatic heterocycles. The van der Waals surface area contributed by atoms with Crippen LogP contribution < -0.4 is 4.90 Å². The highest BCUT2D eigenvalue weighted by molar-refractivity contribution is 6.01. The maximum atomic E-state index is 2.54. The molecule has 0 unspecified atom stereocenters. The van der Waals surface area contributed by atoms with Gasteiger partial charge in [0.15, 0.2) is 0 Å². The van der Waals surface area contributed by atoms with E-state index in [-0.39, 0.29) is 0 Å². The summed E-state index contributed by atoms with van der Waals surface area (Å²) in [4.78, 5) is 2.48. The molecule has 1 nitrogen and oxygen atoms in total. The first-order chi connectivity index (χ1) is 26.8. The molecular weight excluding hydrogens is 651 g/mol. The summed E-state index contributed by atoms with van der Waals surface area (Å²) in [6, 6.07) is 72.1. The molecule has 10 rings (SSSR count). The Morgan fingerprint density at radius 2 is 0.907 bits per heavy atom. The summed E-state index contributed by atoms with van der Waals surface area (Å²) < 4.78 is 0. The molecule has 0 N–H and O–H groups in total. The van der Waals surface area contributed by atoms with Crippen LogP contribution in [-0.2, 0) is 11.8 Å². The lowest BCUT2D eigenvalue weighted by Gasteiger charge is -2.32. The smallest absolute Gasteiger partial charge is 0.0726 e. The molecule has 0 radical (unpaired) electrons. The van der Waals surface area contributed by atoms with Crippen LogP contribution in [0, 0.1) is 0 Å². The summed E-state index contributed by atoms with van der Waals surface area (Å²) in [7, 11) is 0. The van der Waals surface area contributed by atoms with Crippen molar-refractivity contribution in [2.24, 2.45) is 0 Å². The fourth-order valence-corrected chi connectivity index (χ4v) is 9.23. The van der Waals surface area contributed by atoms with Gasteiger partial charge in [0, 0.05) is 16.9 Å². The van der Waals surface area contributed by atoms with Crippen LogP contribution >= 0.6 is 0 Å². The Morgan fingerprint density at radius 3 is 1.46 bits per heavy atom. The molecule has 1 heteroatoms. The number of unbranched alkanes of at least 4 members (excludes halogenated alkanes) is 1. The summed E-state index contributed by atoms with van der Waals surface area (Å²) in [5, 5.41) is 0. The maximum Gasteiger partial charge on any atom is 0.0726 e. The van der Waals surface area contributed by atoms with Gasteiger partial charge in [-0.05, 0) is 110 Å². The summed E-state index contributed by atoms with van der Waals surface area (Å²) in [6.07, 6.45) is 3.45. The van der Waals surface area contributed by atoms with Crippen LogP contribution in [0.2, 0.25) is 0 Å². The number of nitrogens with zero attached hydrogens (tertiary/aromatic N) is 1. The van der Waals surface area contributed by atoms with Crippen molar-refractivity contribution in [2.45, 2.75) is 31.6 Å². The fraction of sp³-hybridized carbons (Fsp3) is 0.0943. The van der Waals surface area contributed by atoms with Gasteiger partial charge in [-0.1, -0.05) is 177 Å². The third-order valence-corrected chi connectivity index (χ3v) is 11.7. The predicted molar refractivity (Wildman–Crippen MR) is 227 cm³/mol. The van der Waals surface area contributed by atoms with Crippen LogP contribution in [0.15, 0.2) is 194 Å². The average Bonchev–Trinajstić information content (AvgIpc) is 3.72. The molecule has 0 atom stereocenters. The van der Waals surface area contributed by atoms with E-state index >= 15 is 0 Å². The molecule has 8 aromatic rings. The molecule has 1 spiro atoms. The van der Waals surface area contributed by atoms with E-state index in [2.05, 4.69) is 206 Å². The van der Waals surface area contributed by atoms with Gasteiger partial charge in [0.05, 0.1) is 11.1 Å². The molecule has 258 valence electrons. The van der Waals surface area contributed by atoms with E-state index in [0.29, 0.717) is 0 Å². The van der Waals surface area contributed by atoms with Crippen LogP contribution in [0.4, 0.5) is 17.1 Å². The Labute approximate surface area is 318 Å². The molecule has 0 amide bonds. The summed E-state index contributed by atoms with van der Waals surface area (Å²) in [5.41, 5.74) is 20.1. The summed E-state index contributed by atoms with van der Waals surface area (Å²) in [6.45, 7) is 2.29. The first kappa shape index (κ1) is 32.2. The van der Waals surface area contributed by atoms with E-state index in [1.165, 1.54) is 90.9 Å². The Bertz CT molecular complexity index is 2490. The number of hydrogen-bond donors (Lipinski definition) is 0. The number of anilines is 3. The molecule has 2 aliphatic carbocycles. The summed E-state index contributed by atoms with van der Waals surface area (Å²) in [5.74, 6) is 0. The van der Waals surface area contributed by atoms with Gasteiger partial charge in [-0.15, -0.1) is 0 Å². The van der Waals surface area contributed by atoms with Gasteiger partial charge in [-0.3, -0.25) is 0 Å². The predicted octanol–water partition coefficient (Wildman–Crippen LogP) is 14.2. The van der Waals surface area contributed by atoms with Gasteiger partial charge in [0.2, 0.25) is 0 Å². The molecule has 0 bridgehead atoms. The molecule has 0 fully saturated rings. The lowest BCUT2D eigenvalue weighted by atomic mass is 9.70. The first-order valence-electron chi connectivity index (χ1n) is 19.3. The zero-order valence-corrected chi connectivity index (χ0v) is 30.5. The van der Waals surface area contributed by atoms with E-state index in [4.69, 9.17) is 0 Å². The van der Waals surface area contributed by atoms with Crippen molar-refractivity contribution in [3.63, 3.8) is 0 Å². The lowest BCUT2D eigenvalue weighted by molar-refractivity contribution is 0.775. The Kier molecular flexibility index (Phi) is 7.88. The molecule has 0 saturated heterocycles. The van der Waals surface area contributed by atoms with E-state index < -0.39 is 5.41 Å². The molecule has 0 saturated carbocycles. The van der Waals surface area contributed by atoms with Crippen LogP contribution in [-0.4, -0.2) is 0 Å². The number of rotatable bonds is 8. The normalized spacial score (nSPS) is 12.9. The minimum atomic E-state index is -0.407. The lowest BCUT2D eigenvalue weighted by Crippen LogP contribution is -2.26. The average molecular weight is 692 g/mol. The van der Waals surface area contributed by atoms with Crippen LogP contribution in [0.1, 0.15) is 47.6 Å². The summed E-state index contributed by atoms with van der Waals surface area (Å²) >= 11 is 0. The van der Waals surface area contributed by atoms with Gasteiger partial charge >= 0.3 is 0 Å². The number of benzene rings is 8. The third kappa shape index (κ3) is 5.00. The largest absolute Gasteiger partial charge is 0.310 e. The van der Waals surface area contributed by atoms with Gasteiger partial charge < -0.3 is 4.90 Å². The van der Waals surface area contributed by atoms with Crippen molar-refractivity contribution in [2.75, 3.05) is 4.90 Å². The zero-order valence-electron chi connectivity index (χ0n) is 30.5. The second-order valence-corrected chi connectivity index (χ2v) is 14.7. The van der Waals surface area contributed by atoms with Crippen molar-refractivity contribution >= 4 is 17.1 Å². The number of hydrogen-bond acceptors (Lipinski definition) is 1. The Hall–Kier alpha value is -6.44. The topological polar surface area (TPSA) is 3.24 Å². The fourth-order valence-electron chi connectivity index (χ4n) is 9.23. The zero-order chi connectivity index (χ0) is 36.1. The molecular formula is C53H41N. The van der Waals surface area contributed by atoms with E-state index in [0.717, 1.165) is 17.8 Å². The van der Waals surface area contributed by atoms with Gasteiger partial charge in [0.25, 0.3) is 0 Å². The van der Waals surface area contributed by atoms with Gasteiger partial charge in [0.1, 0.15) is 0 Å². The van der Waals surface area contributed by atoms with E-state index in [1.807, 2.05) is 0 Å². The minimum absolute atomic E-state index is 0.407. The standard InChI is InChI=1S/C53H41N/c1-2-3-15-37-26-35-46-50(36-37)53(47-22-12-10-20-44(47)45-21-11-13-23-48(45)53)49-24-14-25-51(52(46)49)54(42-31-27-40(28-32-42)38-16-6-4-7-17-38)43-33-29-41(30-34-43)39-18-8-5-9-19-39/h4-14,16-36H,2-3,15H2,1H3. The van der Waals surface area contributed by atoms with E-state index in [9.17, 15) is 0 Å². The minimum Gasteiger partial charge on any atom is -0.310 e. The van der Waals surface area contributed by atoms with Crippen molar-refractivity contribution in [1.29, 1.82) is 0 Å². The second-order valence-electron chi connectivity index (χ2n) is 14.7. The van der Waals surface area contributed by atoms with Crippen LogP contribution in [0.5, 0.6) is 0 Å². The maximum absolute atomic E-state index is 2.54. The quantitative estimate of drug-likeness (QED) is 0.153. The van der Waals surface area contributed by atoms with Crippen LogP contribution in [0.3, 0.4) is 0 Å². The van der Waals surface area contributed by atoms with Crippen molar-refractivity contribution < 1.29 is 0 Å². The molecule has 0 aliphatic heterocycles. The molecule has 0 heterocycles. The Balaban J connectivity index is 1.23. The van der Waals surface area contributed by atoms with Crippen molar-refractivity contribution in [1.82, 2.24) is 0 Å². The second kappa shape index (κ2) is 13.2. The molecule has 54 heavy (non-hydrogen) atoms. The first-order valence-corrected chi connectivity index (χ1v) is 19.3. The van der Waals surface area contributed by atoms with Crippen molar-refractivity contribution in [3.05, 3.63) is 222 Å². The highest BCUT2D eigenvalue weighted by Gasteiger charge is 2.52. The SMILES string of the molecule is CCCCc1ccc2c(c1)C1(c3ccccc3-c3ccccc31)c1cccc(N(c3ccc(-c4ccccc4)cc3)c3ccc(-c4ccccc4)cc3)c1-2. The third-order valence-electron chi connectivity index (χ3n) is 11.7. The number of fused-ring (bicyclic) bond motifs is 10. The van der Waals surface area contributed by atoms with E-state index in [1.54, 1.807) is 0 Å². The van der Waals surface area contributed by atoms with Gasteiger partial charge in [-0.25, -0.2) is 0 Å².